The van der Waals surface area contributed by atoms with E-state index in [1.165, 1.54) is 40.3 Å². The minimum atomic E-state index is -0.156. The summed E-state index contributed by atoms with van der Waals surface area (Å²) in [4.78, 5) is 4.36. The van der Waals surface area contributed by atoms with Gasteiger partial charge in [0.05, 0.1) is 11.2 Å². The summed E-state index contributed by atoms with van der Waals surface area (Å²) in [6, 6.07) is 9.23. The zero-order chi connectivity index (χ0) is 20.8. The molecule has 0 amide bonds. The van der Waals surface area contributed by atoms with Crippen molar-refractivity contribution < 1.29 is 4.74 Å². The van der Waals surface area contributed by atoms with Gasteiger partial charge in [-0.25, -0.2) is 0 Å². The van der Waals surface area contributed by atoms with Crippen LogP contribution in [0, 0.1) is 11.3 Å². The number of pyridine rings is 1. The molecule has 2 bridgehead atoms. The Morgan fingerprint density at radius 3 is 2.97 bits per heavy atom. The van der Waals surface area contributed by atoms with Crippen molar-refractivity contribution in [2.75, 3.05) is 0 Å². The van der Waals surface area contributed by atoms with Gasteiger partial charge >= 0.3 is 0 Å². The van der Waals surface area contributed by atoms with E-state index in [-0.39, 0.29) is 22.7 Å². The van der Waals surface area contributed by atoms with Gasteiger partial charge in [0.25, 0.3) is 0 Å². The molecule has 7 rings (SSSR count). The largest absolute Gasteiger partial charge is 0.359 e. The lowest BCUT2D eigenvalue weighted by atomic mass is 9.58. The Morgan fingerprint density at radius 2 is 2.03 bits per heavy atom. The van der Waals surface area contributed by atoms with E-state index in [2.05, 4.69) is 60.5 Å². The highest BCUT2D eigenvalue weighted by molar-refractivity contribution is 5.82. The zero-order valence-electron chi connectivity index (χ0n) is 18.2. The average molecular weight is 411 g/mol. The maximum atomic E-state index is 7.21. The second-order valence-electron chi connectivity index (χ2n) is 10.8. The summed E-state index contributed by atoms with van der Waals surface area (Å²) in [7, 11) is 0. The van der Waals surface area contributed by atoms with Gasteiger partial charge in [0.15, 0.2) is 0 Å². The van der Waals surface area contributed by atoms with Gasteiger partial charge in [-0.05, 0) is 90.0 Å². The molecule has 2 spiro atoms. The van der Waals surface area contributed by atoms with Crippen LogP contribution in [0.3, 0.4) is 0 Å². The SMILES string of the molecule is CC12CC=C3C=C4C=CC(N)CC45CCC3(O5)C1CCC2c1ccc2ccncc2c1. The van der Waals surface area contributed by atoms with Crippen LogP contribution in [0.5, 0.6) is 0 Å². The normalized spacial score (nSPS) is 42.6. The highest BCUT2D eigenvalue weighted by Gasteiger charge is 2.66. The molecule has 6 atom stereocenters. The first kappa shape index (κ1) is 18.4. The van der Waals surface area contributed by atoms with Crippen molar-refractivity contribution in [1.82, 2.24) is 4.98 Å². The van der Waals surface area contributed by atoms with Crippen molar-refractivity contribution in [2.45, 2.75) is 68.6 Å². The van der Waals surface area contributed by atoms with Gasteiger partial charge < -0.3 is 10.5 Å². The topological polar surface area (TPSA) is 48.1 Å². The second kappa shape index (κ2) is 5.96. The van der Waals surface area contributed by atoms with E-state index in [9.17, 15) is 0 Å². The van der Waals surface area contributed by atoms with E-state index in [4.69, 9.17) is 10.5 Å². The van der Waals surface area contributed by atoms with E-state index >= 15 is 0 Å². The first-order chi connectivity index (χ1) is 15.0. The van der Waals surface area contributed by atoms with Crippen LogP contribution in [0.4, 0.5) is 0 Å². The van der Waals surface area contributed by atoms with Crippen LogP contribution < -0.4 is 5.73 Å². The van der Waals surface area contributed by atoms with Crippen LogP contribution in [-0.4, -0.2) is 22.2 Å². The Bertz CT molecular complexity index is 1190. The number of ether oxygens (including phenoxy) is 1. The average Bonchev–Trinajstić information content (AvgIpc) is 3.28. The van der Waals surface area contributed by atoms with Crippen LogP contribution in [0.25, 0.3) is 10.8 Å². The Labute approximate surface area is 184 Å². The lowest BCUT2D eigenvalue weighted by Crippen LogP contribution is -2.54. The summed E-state index contributed by atoms with van der Waals surface area (Å²) in [5.41, 5.74) is 10.6. The summed E-state index contributed by atoms with van der Waals surface area (Å²) in [6.07, 6.45) is 20.0. The number of allylic oxidation sites excluding steroid dienone is 1. The lowest BCUT2D eigenvalue weighted by molar-refractivity contribution is -0.129. The molecule has 5 aliphatic rings. The van der Waals surface area contributed by atoms with Gasteiger partial charge in [0.2, 0.25) is 0 Å². The zero-order valence-corrected chi connectivity index (χ0v) is 18.2. The number of nitrogens with two attached hydrogens (primary N) is 1. The van der Waals surface area contributed by atoms with Crippen LogP contribution in [0.1, 0.15) is 56.9 Å². The van der Waals surface area contributed by atoms with Crippen LogP contribution in [-0.2, 0) is 4.74 Å². The molecule has 0 radical (unpaired) electrons. The van der Waals surface area contributed by atoms with Crippen molar-refractivity contribution in [3.8, 4) is 0 Å². The molecule has 158 valence electrons. The molecular weight excluding hydrogens is 380 g/mol. The molecule has 2 aliphatic heterocycles. The Balaban J connectivity index is 1.32. The number of hydrogen-bond donors (Lipinski definition) is 1. The van der Waals surface area contributed by atoms with Crippen LogP contribution >= 0.6 is 0 Å². The second-order valence-corrected chi connectivity index (χ2v) is 10.8. The summed E-state index contributed by atoms with van der Waals surface area (Å²) in [5, 5.41) is 2.53. The Hall–Kier alpha value is -2.23. The molecule has 1 saturated heterocycles. The summed E-state index contributed by atoms with van der Waals surface area (Å²) < 4.78 is 7.21. The third-order valence-electron chi connectivity index (χ3n) is 9.42. The van der Waals surface area contributed by atoms with Gasteiger partial charge in [0.1, 0.15) is 0 Å². The summed E-state index contributed by atoms with van der Waals surface area (Å²) >= 11 is 0. The van der Waals surface area contributed by atoms with E-state index in [0.717, 1.165) is 25.7 Å². The van der Waals surface area contributed by atoms with E-state index in [1.807, 2.05) is 12.4 Å². The van der Waals surface area contributed by atoms with Crippen LogP contribution in [0.15, 0.2) is 72.1 Å². The lowest BCUT2D eigenvalue weighted by Gasteiger charge is -2.53. The van der Waals surface area contributed by atoms with Gasteiger partial charge in [-0.1, -0.05) is 43.4 Å². The maximum absolute atomic E-state index is 7.21. The molecule has 3 heteroatoms. The number of aromatic nitrogens is 1. The Morgan fingerprint density at radius 1 is 1.10 bits per heavy atom. The maximum Gasteiger partial charge on any atom is 0.0975 e. The highest BCUT2D eigenvalue weighted by Crippen LogP contribution is 2.68. The minimum Gasteiger partial charge on any atom is -0.359 e. The Kier molecular flexibility index (Phi) is 3.53. The molecular formula is C28H30N2O. The summed E-state index contributed by atoms with van der Waals surface area (Å²) in [5.74, 6) is 1.13. The molecule has 1 saturated carbocycles. The van der Waals surface area contributed by atoms with Crippen molar-refractivity contribution in [1.29, 1.82) is 0 Å². The molecule has 2 N–H and O–H groups in total. The van der Waals surface area contributed by atoms with E-state index < -0.39 is 0 Å². The quantitative estimate of drug-likeness (QED) is 0.668. The standard InChI is InChI=1S/C28H30N2O/c1-26-10-8-22-15-21-4-5-23(29)16-27(21)11-12-28(22,31-27)25(26)7-6-24(26)19-3-2-18-9-13-30-17-20(18)14-19/h2-5,8-9,13-15,17,23-25H,6-7,10-12,16,29H2,1H3. The molecule has 1 aromatic heterocycles. The number of hydrogen-bond acceptors (Lipinski definition) is 3. The molecule has 31 heavy (non-hydrogen) atoms. The van der Waals surface area contributed by atoms with Crippen molar-refractivity contribution in [3.63, 3.8) is 0 Å². The monoisotopic (exact) mass is 410 g/mol. The highest BCUT2D eigenvalue weighted by atomic mass is 16.5. The van der Waals surface area contributed by atoms with Gasteiger partial charge in [-0.3, -0.25) is 4.98 Å². The van der Waals surface area contributed by atoms with Crippen molar-refractivity contribution in [3.05, 3.63) is 77.7 Å². The predicted molar refractivity (Wildman–Crippen MR) is 124 cm³/mol. The molecule has 6 unspecified atom stereocenters. The molecule has 2 aromatic rings. The fourth-order valence-corrected chi connectivity index (χ4v) is 7.97. The molecule has 1 aromatic carbocycles. The third-order valence-corrected chi connectivity index (χ3v) is 9.42. The van der Waals surface area contributed by atoms with Crippen molar-refractivity contribution >= 4 is 10.8 Å². The molecule has 2 fully saturated rings. The van der Waals surface area contributed by atoms with E-state index in [0.29, 0.717) is 11.8 Å². The number of nitrogens with zero attached hydrogens (tertiary/aromatic N) is 1. The van der Waals surface area contributed by atoms with Gasteiger partial charge in [0, 0.05) is 23.8 Å². The fraction of sp³-hybridized carbons (Fsp3) is 0.464. The van der Waals surface area contributed by atoms with Crippen molar-refractivity contribution in [2.24, 2.45) is 17.1 Å². The number of benzene rings is 1. The number of fused-ring (bicyclic) bond motifs is 2. The molecule has 3 nitrogen and oxygen atoms in total. The third kappa shape index (κ3) is 2.29. The smallest absolute Gasteiger partial charge is 0.0975 e. The predicted octanol–water partition coefficient (Wildman–Crippen LogP) is 5.58. The first-order valence-corrected chi connectivity index (χ1v) is 11.9. The van der Waals surface area contributed by atoms with Gasteiger partial charge in [-0.15, -0.1) is 0 Å². The van der Waals surface area contributed by atoms with Gasteiger partial charge in [-0.2, -0.15) is 0 Å². The number of rotatable bonds is 1. The molecule has 3 aliphatic carbocycles. The summed E-state index contributed by atoms with van der Waals surface area (Å²) in [6.45, 7) is 2.53. The minimum absolute atomic E-state index is 0.107. The fourth-order valence-electron chi connectivity index (χ4n) is 7.97. The van der Waals surface area contributed by atoms with Crippen LogP contribution in [0.2, 0.25) is 0 Å². The first-order valence-electron chi connectivity index (χ1n) is 11.9. The molecule has 3 heterocycles. The van der Waals surface area contributed by atoms with E-state index in [1.54, 1.807) is 0 Å².